The third-order valence-corrected chi connectivity index (χ3v) is 3.99. The molecule has 0 saturated carbocycles. The summed E-state index contributed by atoms with van der Waals surface area (Å²) >= 11 is 6.14. The summed E-state index contributed by atoms with van der Waals surface area (Å²) in [7, 11) is 0. The molecule has 2 atom stereocenters. The van der Waals surface area contributed by atoms with Gasteiger partial charge in [0.25, 0.3) is 5.91 Å². The van der Waals surface area contributed by atoms with Gasteiger partial charge in [-0.1, -0.05) is 17.7 Å². The number of carbonyl (C=O) groups excluding carboxylic acids is 1. The molecule has 1 fully saturated rings. The second kappa shape index (κ2) is 8.24. The summed E-state index contributed by atoms with van der Waals surface area (Å²) in [5.74, 6) is -0.109. The van der Waals surface area contributed by atoms with Gasteiger partial charge in [0, 0.05) is 25.4 Å². The van der Waals surface area contributed by atoms with Crippen molar-refractivity contribution in [2.75, 3.05) is 19.8 Å². The summed E-state index contributed by atoms with van der Waals surface area (Å²) in [5.41, 5.74) is 0.773. The molecule has 0 radical (unpaired) electrons. The number of aliphatic hydroxyl groups excluding tert-OH is 1. The zero-order valence-corrected chi connectivity index (χ0v) is 14.1. The molecule has 2 aromatic rings. The van der Waals surface area contributed by atoms with Crippen LogP contribution in [0, 0.1) is 0 Å². The molecule has 0 bridgehead atoms. The number of halogens is 1. The van der Waals surface area contributed by atoms with Crippen LogP contribution in [-0.4, -0.2) is 46.8 Å². The van der Waals surface area contributed by atoms with E-state index in [9.17, 15) is 9.90 Å². The van der Waals surface area contributed by atoms with Crippen molar-refractivity contribution in [1.29, 1.82) is 0 Å². The Labute approximate surface area is 150 Å². The SMILES string of the molecule is O=C(NCC(O)c1ccccn1)c1cnc(OC2CCOC2)c(Cl)c1. The van der Waals surface area contributed by atoms with Crippen molar-refractivity contribution < 1.29 is 19.4 Å². The van der Waals surface area contributed by atoms with E-state index >= 15 is 0 Å². The quantitative estimate of drug-likeness (QED) is 0.812. The number of ether oxygens (including phenoxy) is 2. The third kappa shape index (κ3) is 4.66. The van der Waals surface area contributed by atoms with Gasteiger partial charge in [0.05, 0.1) is 24.5 Å². The van der Waals surface area contributed by atoms with Crippen LogP contribution in [0.2, 0.25) is 5.02 Å². The summed E-state index contributed by atoms with van der Waals surface area (Å²) in [6.07, 6.45) is 2.79. The van der Waals surface area contributed by atoms with Crippen molar-refractivity contribution in [3.05, 3.63) is 52.9 Å². The normalized spacial score (nSPS) is 17.9. The van der Waals surface area contributed by atoms with E-state index in [1.54, 1.807) is 24.4 Å². The Bertz CT molecular complexity index is 723. The highest BCUT2D eigenvalue weighted by atomic mass is 35.5. The van der Waals surface area contributed by atoms with E-state index in [1.807, 2.05) is 0 Å². The molecule has 1 amide bonds. The molecule has 2 N–H and O–H groups in total. The molecule has 3 rings (SSSR count). The average molecular weight is 364 g/mol. The summed E-state index contributed by atoms with van der Waals surface area (Å²) in [4.78, 5) is 20.3. The second-order valence-corrected chi connectivity index (χ2v) is 6.00. The number of aromatic nitrogens is 2. The first-order valence-corrected chi connectivity index (χ1v) is 8.28. The maximum absolute atomic E-state index is 12.2. The van der Waals surface area contributed by atoms with Crippen molar-refractivity contribution in [1.82, 2.24) is 15.3 Å². The highest BCUT2D eigenvalue weighted by molar-refractivity contribution is 6.32. The Morgan fingerprint density at radius 2 is 2.36 bits per heavy atom. The van der Waals surface area contributed by atoms with Gasteiger partial charge in [-0.2, -0.15) is 0 Å². The zero-order valence-electron chi connectivity index (χ0n) is 13.4. The van der Waals surface area contributed by atoms with E-state index in [0.717, 1.165) is 6.42 Å². The predicted molar refractivity (Wildman–Crippen MR) is 90.6 cm³/mol. The lowest BCUT2D eigenvalue weighted by Crippen LogP contribution is -2.28. The number of rotatable bonds is 6. The molecular formula is C17H18ClN3O4. The van der Waals surface area contributed by atoms with Crippen molar-refractivity contribution in [2.45, 2.75) is 18.6 Å². The molecular weight excluding hydrogens is 346 g/mol. The van der Waals surface area contributed by atoms with Crippen LogP contribution in [0.5, 0.6) is 5.88 Å². The smallest absolute Gasteiger partial charge is 0.253 e. The minimum atomic E-state index is -0.890. The summed E-state index contributed by atoms with van der Waals surface area (Å²) in [6, 6.07) is 6.70. The standard InChI is InChI=1S/C17H18ClN3O4/c18-13-7-11(8-21-17(13)25-12-4-6-24-10-12)16(23)20-9-15(22)14-3-1-2-5-19-14/h1-3,5,7-8,12,15,22H,4,6,9-10H2,(H,20,23). The van der Waals surface area contributed by atoms with E-state index in [2.05, 4.69) is 15.3 Å². The van der Waals surface area contributed by atoms with Gasteiger partial charge in [0.2, 0.25) is 5.88 Å². The lowest BCUT2D eigenvalue weighted by molar-refractivity contribution is 0.0913. The molecule has 2 unspecified atom stereocenters. The van der Waals surface area contributed by atoms with E-state index in [-0.39, 0.29) is 35.0 Å². The predicted octanol–water partition coefficient (Wildman–Crippen LogP) is 1.76. The van der Waals surface area contributed by atoms with Crippen LogP contribution in [0.4, 0.5) is 0 Å². The summed E-state index contributed by atoms with van der Waals surface area (Å²) in [5, 5.41) is 12.9. The van der Waals surface area contributed by atoms with Crippen LogP contribution >= 0.6 is 11.6 Å². The summed E-state index contributed by atoms with van der Waals surface area (Å²) in [6.45, 7) is 1.19. The topological polar surface area (TPSA) is 93.6 Å². The number of hydrogen-bond acceptors (Lipinski definition) is 6. The fourth-order valence-corrected chi connectivity index (χ4v) is 2.58. The average Bonchev–Trinajstić information content (AvgIpc) is 3.15. The molecule has 25 heavy (non-hydrogen) atoms. The minimum absolute atomic E-state index is 0.0329. The number of pyridine rings is 2. The fourth-order valence-electron chi connectivity index (χ4n) is 2.37. The maximum atomic E-state index is 12.2. The highest BCUT2D eigenvalue weighted by Gasteiger charge is 2.20. The lowest BCUT2D eigenvalue weighted by Gasteiger charge is -2.13. The molecule has 1 aliphatic rings. The number of carbonyl (C=O) groups is 1. The van der Waals surface area contributed by atoms with Crippen LogP contribution in [0.3, 0.4) is 0 Å². The van der Waals surface area contributed by atoms with E-state index in [1.165, 1.54) is 12.3 Å². The lowest BCUT2D eigenvalue weighted by atomic mass is 10.2. The first-order valence-electron chi connectivity index (χ1n) is 7.90. The highest BCUT2D eigenvalue weighted by Crippen LogP contribution is 2.25. The summed E-state index contributed by atoms with van der Waals surface area (Å²) < 4.78 is 10.9. The van der Waals surface area contributed by atoms with Gasteiger partial charge in [-0.05, 0) is 18.2 Å². The molecule has 2 aromatic heterocycles. The third-order valence-electron chi connectivity index (χ3n) is 3.72. The largest absolute Gasteiger partial charge is 0.471 e. The number of aliphatic hydroxyl groups is 1. The van der Waals surface area contributed by atoms with Crippen molar-refractivity contribution >= 4 is 17.5 Å². The Kier molecular flexibility index (Phi) is 5.80. The van der Waals surface area contributed by atoms with Crippen molar-refractivity contribution in [2.24, 2.45) is 0 Å². The number of nitrogens with one attached hydrogen (secondary N) is 1. The maximum Gasteiger partial charge on any atom is 0.253 e. The van der Waals surface area contributed by atoms with Gasteiger partial charge >= 0.3 is 0 Å². The first kappa shape index (κ1) is 17.6. The Morgan fingerprint density at radius 3 is 3.04 bits per heavy atom. The first-order chi connectivity index (χ1) is 12.1. The number of hydrogen-bond donors (Lipinski definition) is 2. The van der Waals surface area contributed by atoms with Crippen LogP contribution < -0.4 is 10.1 Å². The molecule has 3 heterocycles. The van der Waals surface area contributed by atoms with Gasteiger partial charge in [0.1, 0.15) is 17.2 Å². The van der Waals surface area contributed by atoms with Crippen LogP contribution in [0.25, 0.3) is 0 Å². The Hall–Kier alpha value is -2.22. The van der Waals surface area contributed by atoms with Gasteiger partial charge in [-0.15, -0.1) is 0 Å². The van der Waals surface area contributed by atoms with Gasteiger partial charge in [-0.25, -0.2) is 4.98 Å². The molecule has 1 aliphatic heterocycles. The Morgan fingerprint density at radius 1 is 1.48 bits per heavy atom. The molecule has 7 nitrogen and oxygen atoms in total. The van der Waals surface area contributed by atoms with Crippen molar-refractivity contribution in [3.63, 3.8) is 0 Å². The van der Waals surface area contributed by atoms with E-state index < -0.39 is 6.10 Å². The molecule has 8 heteroatoms. The zero-order chi connectivity index (χ0) is 17.6. The molecule has 1 saturated heterocycles. The van der Waals surface area contributed by atoms with E-state index in [4.69, 9.17) is 21.1 Å². The number of amides is 1. The molecule has 0 spiro atoms. The fraction of sp³-hybridized carbons (Fsp3) is 0.353. The minimum Gasteiger partial charge on any atom is -0.471 e. The van der Waals surface area contributed by atoms with E-state index in [0.29, 0.717) is 18.9 Å². The van der Waals surface area contributed by atoms with Crippen LogP contribution in [0.1, 0.15) is 28.6 Å². The second-order valence-electron chi connectivity index (χ2n) is 5.59. The molecule has 0 aromatic carbocycles. The monoisotopic (exact) mass is 363 g/mol. The van der Waals surface area contributed by atoms with Crippen LogP contribution in [-0.2, 0) is 4.74 Å². The van der Waals surface area contributed by atoms with Crippen molar-refractivity contribution in [3.8, 4) is 5.88 Å². The molecule has 132 valence electrons. The Balaban J connectivity index is 1.57. The van der Waals surface area contributed by atoms with Gasteiger partial charge in [0.15, 0.2) is 0 Å². The van der Waals surface area contributed by atoms with Gasteiger partial charge < -0.3 is 19.9 Å². The van der Waals surface area contributed by atoms with Gasteiger partial charge in [-0.3, -0.25) is 9.78 Å². The number of nitrogens with zero attached hydrogens (tertiary/aromatic N) is 2. The molecule has 0 aliphatic carbocycles. The van der Waals surface area contributed by atoms with Crippen LogP contribution in [0.15, 0.2) is 36.7 Å².